The molecule has 1 N–H and O–H groups in total. The van der Waals surface area contributed by atoms with Gasteiger partial charge in [0, 0.05) is 26.8 Å². The van der Waals surface area contributed by atoms with Gasteiger partial charge in [0.15, 0.2) is 0 Å². The van der Waals surface area contributed by atoms with Crippen molar-refractivity contribution in [1.29, 1.82) is 0 Å². The maximum absolute atomic E-state index is 9.55. The molecule has 0 spiro atoms. The molecule has 0 radical (unpaired) electrons. The molecular weight excluding hydrogens is 194 g/mol. The third-order valence-electron chi connectivity index (χ3n) is 2.71. The van der Waals surface area contributed by atoms with E-state index in [0.29, 0.717) is 19.1 Å². The van der Waals surface area contributed by atoms with Crippen molar-refractivity contribution in [3.8, 4) is 0 Å². The number of aliphatic hydroxyl groups excluding tert-OH is 1. The van der Waals surface area contributed by atoms with Crippen LogP contribution in [0.2, 0.25) is 0 Å². The van der Waals surface area contributed by atoms with Crippen molar-refractivity contribution < 1.29 is 14.6 Å². The van der Waals surface area contributed by atoms with Crippen LogP contribution in [0.3, 0.4) is 0 Å². The summed E-state index contributed by atoms with van der Waals surface area (Å²) in [6.07, 6.45) is 2.02. The molecule has 1 aliphatic rings. The molecule has 2 unspecified atom stereocenters. The number of nitrogens with zero attached hydrogens (tertiary/aromatic N) is 1. The number of methoxy groups -OCH3 is 1. The Morgan fingerprint density at radius 3 is 3.00 bits per heavy atom. The highest BCUT2D eigenvalue weighted by Gasteiger charge is 2.17. The number of hydrogen-bond donors (Lipinski definition) is 1. The van der Waals surface area contributed by atoms with Gasteiger partial charge in [-0.3, -0.25) is 0 Å². The third-order valence-corrected chi connectivity index (χ3v) is 2.71. The minimum absolute atomic E-state index is 0.385. The zero-order valence-electron chi connectivity index (χ0n) is 9.82. The molecule has 0 amide bonds. The Hall–Kier alpha value is -0.160. The van der Waals surface area contributed by atoms with Crippen molar-refractivity contribution in [3.63, 3.8) is 0 Å². The number of ether oxygens (including phenoxy) is 2. The number of aliphatic hydroxyl groups is 1. The fourth-order valence-corrected chi connectivity index (χ4v) is 2.07. The van der Waals surface area contributed by atoms with Gasteiger partial charge in [-0.15, -0.1) is 0 Å². The van der Waals surface area contributed by atoms with Gasteiger partial charge < -0.3 is 19.5 Å². The summed E-state index contributed by atoms with van der Waals surface area (Å²) in [6.45, 7) is 3.86. The Kier molecular flexibility index (Phi) is 6.17. The summed E-state index contributed by atoms with van der Waals surface area (Å²) in [5.41, 5.74) is 0. The topological polar surface area (TPSA) is 41.9 Å². The highest BCUT2D eigenvalue weighted by molar-refractivity contribution is 4.69. The minimum atomic E-state index is -0.385. The van der Waals surface area contributed by atoms with Crippen molar-refractivity contribution in [2.24, 2.45) is 5.92 Å². The SMILES string of the molecule is COCC(O)CN(C)CC1CCCOC1. The van der Waals surface area contributed by atoms with E-state index in [-0.39, 0.29) is 6.10 Å². The highest BCUT2D eigenvalue weighted by atomic mass is 16.5. The van der Waals surface area contributed by atoms with Crippen LogP contribution in [0.25, 0.3) is 0 Å². The summed E-state index contributed by atoms with van der Waals surface area (Å²) < 4.78 is 10.3. The van der Waals surface area contributed by atoms with Crippen LogP contribution >= 0.6 is 0 Å². The highest BCUT2D eigenvalue weighted by Crippen LogP contribution is 2.14. The average molecular weight is 217 g/mol. The zero-order chi connectivity index (χ0) is 11.1. The molecule has 0 aromatic carbocycles. The predicted octanol–water partition coefficient (Wildman–Crippen LogP) is 0.352. The molecule has 0 aromatic rings. The van der Waals surface area contributed by atoms with E-state index in [1.54, 1.807) is 7.11 Å². The smallest absolute Gasteiger partial charge is 0.0899 e. The third kappa shape index (κ3) is 5.47. The zero-order valence-corrected chi connectivity index (χ0v) is 9.82. The lowest BCUT2D eigenvalue weighted by Gasteiger charge is -2.28. The first-order valence-electron chi connectivity index (χ1n) is 5.65. The standard InChI is InChI=1S/C11H23NO3/c1-12(7-11(13)9-14-2)6-10-4-3-5-15-8-10/h10-11,13H,3-9H2,1-2H3. The molecule has 1 saturated heterocycles. The van der Waals surface area contributed by atoms with Crippen molar-refractivity contribution in [3.05, 3.63) is 0 Å². The lowest BCUT2D eigenvalue weighted by atomic mass is 10.0. The molecule has 15 heavy (non-hydrogen) atoms. The molecule has 0 aliphatic carbocycles. The maximum atomic E-state index is 9.55. The molecule has 1 rings (SSSR count). The predicted molar refractivity (Wildman–Crippen MR) is 58.9 cm³/mol. The van der Waals surface area contributed by atoms with Crippen LogP contribution in [0.1, 0.15) is 12.8 Å². The lowest BCUT2D eigenvalue weighted by Crippen LogP contribution is -2.37. The number of likely N-dealkylation sites (N-methyl/N-ethyl adjacent to an activating group) is 1. The molecule has 2 atom stereocenters. The van der Waals surface area contributed by atoms with E-state index < -0.39 is 0 Å². The van der Waals surface area contributed by atoms with E-state index in [4.69, 9.17) is 9.47 Å². The quantitative estimate of drug-likeness (QED) is 0.697. The Morgan fingerprint density at radius 1 is 1.60 bits per heavy atom. The summed E-state index contributed by atoms with van der Waals surface area (Å²) >= 11 is 0. The monoisotopic (exact) mass is 217 g/mol. The lowest BCUT2D eigenvalue weighted by molar-refractivity contribution is 0.0186. The van der Waals surface area contributed by atoms with E-state index in [2.05, 4.69) is 4.90 Å². The van der Waals surface area contributed by atoms with Crippen molar-refractivity contribution in [1.82, 2.24) is 4.90 Å². The van der Waals surface area contributed by atoms with Crippen LogP contribution < -0.4 is 0 Å². The van der Waals surface area contributed by atoms with E-state index >= 15 is 0 Å². The van der Waals surface area contributed by atoms with Gasteiger partial charge in [0.05, 0.1) is 19.3 Å². The fourth-order valence-electron chi connectivity index (χ4n) is 2.07. The Morgan fingerprint density at radius 2 is 2.40 bits per heavy atom. The maximum Gasteiger partial charge on any atom is 0.0899 e. The van der Waals surface area contributed by atoms with E-state index in [9.17, 15) is 5.11 Å². The van der Waals surface area contributed by atoms with Crippen molar-refractivity contribution in [2.75, 3.05) is 47.1 Å². The van der Waals surface area contributed by atoms with Gasteiger partial charge in [-0.25, -0.2) is 0 Å². The molecule has 0 aromatic heterocycles. The van der Waals surface area contributed by atoms with Gasteiger partial charge in [0.25, 0.3) is 0 Å². The molecule has 1 aliphatic heterocycles. The molecule has 90 valence electrons. The molecule has 1 fully saturated rings. The van der Waals surface area contributed by atoms with Crippen molar-refractivity contribution in [2.45, 2.75) is 18.9 Å². The second-order valence-electron chi connectivity index (χ2n) is 4.41. The van der Waals surface area contributed by atoms with Gasteiger partial charge in [-0.05, 0) is 25.8 Å². The molecule has 1 heterocycles. The summed E-state index contributed by atoms with van der Waals surface area (Å²) in [7, 11) is 3.64. The summed E-state index contributed by atoms with van der Waals surface area (Å²) in [6, 6.07) is 0. The van der Waals surface area contributed by atoms with Gasteiger partial charge in [0.1, 0.15) is 0 Å². The van der Waals surface area contributed by atoms with Crippen molar-refractivity contribution >= 4 is 0 Å². The van der Waals surface area contributed by atoms with Crippen LogP contribution in [0, 0.1) is 5.92 Å². The number of rotatable bonds is 6. The molecular formula is C11H23NO3. The van der Waals surface area contributed by atoms with Crippen LogP contribution in [-0.4, -0.2) is 63.2 Å². The Bertz CT molecular complexity index is 160. The molecule has 4 nitrogen and oxygen atoms in total. The van der Waals surface area contributed by atoms with E-state index in [1.807, 2.05) is 7.05 Å². The first-order chi connectivity index (χ1) is 7.22. The summed E-state index contributed by atoms with van der Waals surface area (Å²) in [4.78, 5) is 2.16. The molecule has 0 bridgehead atoms. The van der Waals surface area contributed by atoms with Crippen LogP contribution in [-0.2, 0) is 9.47 Å². The second kappa shape index (κ2) is 7.17. The van der Waals surface area contributed by atoms with E-state index in [0.717, 1.165) is 19.8 Å². The minimum Gasteiger partial charge on any atom is -0.389 e. The van der Waals surface area contributed by atoms with Gasteiger partial charge in [-0.1, -0.05) is 0 Å². The summed E-state index contributed by atoms with van der Waals surface area (Å²) in [5.74, 6) is 0.624. The van der Waals surface area contributed by atoms with Gasteiger partial charge in [-0.2, -0.15) is 0 Å². The number of hydrogen-bond acceptors (Lipinski definition) is 4. The molecule has 0 saturated carbocycles. The van der Waals surface area contributed by atoms with Crippen LogP contribution in [0.5, 0.6) is 0 Å². The average Bonchev–Trinajstić information content (AvgIpc) is 2.19. The fraction of sp³-hybridized carbons (Fsp3) is 1.00. The molecule has 4 heteroatoms. The first kappa shape index (κ1) is 12.9. The van der Waals surface area contributed by atoms with Crippen LogP contribution in [0.4, 0.5) is 0 Å². The normalized spacial score (nSPS) is 24.4. The van der Waals surface area contributed by atoms with Crippen LogP contribution in [0.15, 0.2) is 0 Å². The Balaban J connectivity index is 2.13. The second-order valence-corrected chi connectivity index (χ2v) is 4.41. The van der Waals surface area contributed by atoms with E-state index in [1.165, 1.54) is 12.8 Å². The largest absolute Gasteiger partial charge is 0.389 e. The first-order valence-corrected chi connectivity index (χ1v) is 5.65. The summed E-state index contributed by atoms with van der Waals surface area (Å²) in [5, 5.41) is 9.55. The van der Waals surface area contributed by atoms with Gasteiger partial charge in [0.2, 0.25) is 0 Å². The Labute approximate surface area is 92.2 Å². The van der Waals surface area contributed by atoms with Gasteiger partial charge >= 0.3 is 0 Å².